The Morgan fingerprint density at radius 2 is 1.46 bits per heavy atom. The van der Waals surface area contributed by atoms with Gasteiger partial charge in [0.25, 0.3) is 5.91 Å². The molecular weight excluding hydrogens is 575 g/mol. The summed E-state index contributed by atoms with van der Waals surface area (Å²) < 4.78 is 40.1. The third-order valence-corrected chi connectivity index (χ3v) is 6.96. The molecule has 5 rings (SSSR count). The van der Waals surface area contributed by atoms with Gasteiger partial charge in [0.1, 0.15) is 0 Å². The van der Waals surface area contributed by atoms with Crippen molar-refractivity contribution in [1.29, 1.82) is 0 Å². The first-order chi connectivity index (χ1) is 18.7. The molecule has 1 saturated heterocycles. The van der Waals surface area contributed by atoms with E-state index >= 15 is 0 Å². The summed E-state index contributed by atoms with van der Waals surface area (Å²) >= 11 is 3.36. The number of amides is 3. The summed E-state index contributed by atoms with van der Waals surface area (Å²) in [4.78, 5) is 33.1. The number of hydrogen-bond acceptors (Lipinski definition) is 4. The molecule has 39 heavy (non-hydrogen) atoms. The fourth-order valence-corrected chi connectivity index (χ4v) is 4.58. The third-order valence-electron chi connectivity index (χ3n) is 6.43. The van der Waals surface area contributed by atoms with Crippen molar-refractivity contribution in [2.75, 3.05) is 36.8 Å². The molecule has 1 fully saturated rings. The molecule has 2 heterocycles. The van der Waals surface area contributed by atoms with Gasteiger partial charge in [-0.2, -0.15) is 13.2 Å². The maximum absolute atomic E-state index is 13.1. The second-order valence-corrected chi connectivity index (χ2v) is 9.92. The molecule has 200 valence electrons. The molecule has 0 atom stereocenters. The highest BCUT2D eigenvalue weighted by Gasteiger charge is 2.30. The van der Waals surface area contributed by atoms with Crippen molar-refractivity contribution in [2.24, 2.45) is 0 Å². The van der Waals surface area contributed by atoms with Crippen LogP contribution in [0, 0.1) is 0 Å². The average Bonchev–Trinajstić information content (AvgIpc) is 2.94. The molecule has 3 aromatic carbocycles. The first kappa shape index (κ1) is 26.5. The lowest BCUT2D eigenvalue weighted by Crippen LogP contribution is -2.51. The number of rotatable bonds is 4. The van der Waals surface area contributed by atoms with Crippen molar-refractivity contribution in [3.63, 3.8) is 0 Å². The summed E-state index contributed by atoms with van der Waals surface area (Å²) in [6.45, 7) is 1.66. The molecule has 0 spiro atoms. The summed E-state index contributed by atoms with van der Waals surface area (Å²) in [5.41, 5.74) is 1.95. The van der Waals surface area contributed by atoms with Crippen LogP contribution in [0.2, 0.25) is 0 Å². The minimum Gasteiger partial charge on any atom is -0.355 e. The molecule has 2 N–H and O–H groups in total. The van der Waals surface area contributed by atoms with Crippen LogP contribution in [0.3, 0.4) is 0 Å². The van der Waals surface area contributed by atoms with Crippen molar-refractivity contribution in [3.05, 3.63) is 94.6 Å². The fraction of sp³-hybridized carbons (Fsp3) is 0.179. The Kier molecular flexibility index (Phi) is 7.42. The van der Waals surface area contributed by atoms with Gasteiger partial charge in [-0.3, -0.25) is 9.78 Å². The van der Waals surface area contributed by atoms with E-state index in [4.69, 9.17) is 0 Å². The smallest absolute Gasteiger partial charge is 0.355 e. The van der Waals surface area contributed by atoms with Gasteiger partial charge >= 0.3 is 12.2 Å². The molecule has 7 nitrogen and oxygen atoms in total. The number of nitrogens with zero attached hydrogens (tertiary/aromatic N) is 3. The monoisotopic (exact) mass is 597 g/mol. The number of piperazine rings is 1. The van der Waals surface area contributed by atoms with E-state index in [-0.39, 0.29) is 17.5 Å². The SMILES string of the molecule is O=C(Nc1ccc(Br)cc1)N1CCN(C(=O)c2ccc(Nc3ccnc4cc(C(F)(F)F)ccc34)cc2)CC1. The van der Waals surface area contributed by atoms with E-state index in [1.165, 1.54) is 12.3 Å². The Morgan fingerprint density at radius 3 is 2.13 bits per heavy atom. The lowest BCUT2D eigenvalue weighted by Gasteiger charge is -2.34. The topological polar surface area (TPSA) is 77.6 Å². The van der Waals surface area contributed by atoms with E-state index in [1.54, 1.807) is 52.3 Å². The second kappa shape index (κ2) is 10.9. The maximum Gasteiger partial charge on any atom is 0.416 e. The zero-order valence-corrected chi connectivity index (χ0v) is 22.1. The molecule has 0 radical (unpaired) electrons. The highest BCUT2D eigenvalue weighted by Crippen LogP contribution is 2.33. The summed E-state index contributed by atoms with van der Waals surface area (Å²) in [5, 5.41) is 6.60. The molecule has 0 saturated carbocycles. The molecule has 0 aliphatic carbocycles. The van der Waals surface area contributed by atoms with Gasteiger partial charge in [-0.1, -0.05) is 22.0 Å². The molecule has 0 unspecified atom stereocenters. The van der Waals surface area contributed by atoms with E-state index in [9.17, 15) is 22.8 Å². The van der Waals surface area contributed by atoms with Crippen molar-refractivity contribution in [3.8, 4) is 0 Å². The van der Waals surface area contributed by atoms with Crippen LogP contribution >= 0.6 is 15.9 Å². The number of anilines is 3. The number of carbonyl (C=O) groups is 2. The fourth-order valence-electron chi connectivity index (χ4n) is 4.32. The number of carbonyl (C=O) groups excluding carboxylic acids is 2. The predicted octanol–water partition coefficient (Wildman–Crippen LogP) is 6.75. The Bertz CT molecular complexity index is 1500. The largest absolute Gasteiger partial charge is 0.416 e. The number of hydrogen-bond donors (Lipinski definition) is 2. The van der Waals surface area contributed by atoms with Crippen molar-refractivity contribution in [1.82, 2.24) is 14.8 Å². The minimum absolute atomic E-state index is 0.136. The van der Waals surface area contributed by atoms with E-state index in [0.29, 0.717) is 54.2 Å². The summed E-state index contributed by atoms with van der Waals surface area (Å²) in [6, 6.07) is 19.1. The number of aromatic nitrogens is 1. The van der Waals surface area contributed by atoms with E-state index < -0.39 is 11.7 Å². The molecule has 1 aliphatic heterocycles. The summed E-state index contributed by atoms with van der Waals surface area (Å²) in [7, 11) is 0. The lowest BCUT2D eigenvalue weighted by molar-refractivity contribution is -0.137. The molecular formula is C28H23BrF3N5O2. The standard InChI is InChI=1S/C28H23BrF3N5O2/c29-20-4-8-22(9-5-20)35-27(39)37-15-13-36(14-16-37)26(38)18-1-6-21(7-2-18)34-24-11-12-33-25-17-19(28(30,31)32)3-10-23(24)25/h1-12,17H,13-16H2,(H,33,34)(H,35,39). The van der Waals surface area contributed by atoms with Gasteiger partial charge in [0.2, 0.25) is 0 Å². The van der Waals surface area contributed by atoms with Crippen LogP contribution in [-0.4, -0.2) is 52.9 Å². The van der Waals surface area contributed by atoms with Crippen LogP contribution < -0.4 is 10.6 Å². The van der Waals surface area contributed by atoms with Crippen molar-refractivity contribution in [2.45, 2.75) is 6.18 Å². The van der Waals surface area contributed by atoms with Crippen LogP contribution in [-0.2, 0) is 6.18 Å². The van der Waals surface area contributed by atoms with E-state index in [0.717, 1.165) is 16.6 Å². The van der Waals surface area contributed by atoms with Crippen LogP contribution in [0.15, 0.2) is 83.5 Å². The Hall–Kier alpha value is -4.12. The first-order valence-electron chi connectivity index (χ1n) is 12.1. The summed E-state index contributed by atoms with van der Waals surface area (Å²) in [6.07, 6.45) is -3.00. The van der Waals surface area contributed by atoms with Gasteiger partial charge in [-0.15, -0.1) is 0 Å². The minimum atomic E-state index is -4.44. The van der Waals surface area contributed by atoms with Gasteiger partial charge in [-0.25, -0.2) is 4.79 Å². The lowest BCUT2D eigenvalue weighted by atomic mass is 10.1. The molecule has 1 aliphatic rings. The number of pyridine rings is 1. The number of urea groups is 1. The van der Waals surface area contributed by atoms with Crippen molar-refractivity contribution < 1.29 is 22.8 Å². The number of benzene rings is 3. The highest BCUT2D eigenvalue weighted by atomic mass is 79.9. The normalized spacial score (nSPS) is 13.8. The zero-order chi connectivity index (χ0) is 27.6. The van der Waals surface area contributed by atoms with Gasteiger partial charge in [0.15, 0.2) is 0 Å². The number of alkyl halides is 3. The quantitative estimate of drug-likeness (QED) is 0.273. The first-order valence-corrected chi connectivity index (χ1v) is 12.9. The van der Waals surface area contributed by atoms with Gasteiger partial charge in [-0.05, 0) is 66.7 Å². The van der Waals surface area contributed by atoms with Crippen molar-refractivity contribution >= 4 is 55.8 Å². The summed E-state index contributed by atoms with van der Waals surface area (Å²) in [5.74, 6) is -0.136. The maximum atomic E-state index is 13.1. The average molecular weight is 598 g/mol. The molecule has 1 aromatic heterocycles. The van der Waals surface area contributed by atoms with Gasteiger partial charge < -0.3 is 20.4 Å². The number of halogens is 4. The van der Waals surface area contributed by atoms with Gasteiger partial charge in [0, 0.05) is 64.9 Å². The highest BCUT2D eigenvalue weighted by molar-refractivity contribution is 9.10. The predicted molar refractivity (Wildman–Crippen MR) is 147 cm³/mol. The molecule has 11 heteroatoms. The molecule has 3 amide bonds. The van der Waals surface area contributed by atoms with E-state index in [1.807, 2.05) is 12.1 Å². The van der Waals surface area contributed by atoms with Crippen LogP contribution in [0.25, 0.3) is 10.9 Å². The zero-order valence-electron chi connectivity index (χ0n) is 20.5. The van der Waals surface area contributed by atoms with Crippen LogP contribution in [0.5, 0.6) is 0 Å². The van der Waals surface area contributed by atoms with Crippen LogP contribution in [0.4, 0.5) is 35.0 Å². The molecule has 0 bridgehead atoms. The molecule has 4 aromatic rings. The Balaban J connectivity index is 1.19. The second-order valence-electron chi connectivity index (χ2n) is 9.01. The van der Waals surface area contributed by atoms with Crippen LogP contribution in [0.1, 0.15) is 15.9 Å². The van der Waals surface area contributed by atoms with E-state index in [2.05, 4.69) is 31.5 Å². The Morgan fingerprint density at radius 1 is 0.821 bits per heavy atom. The number of fused-ring (bicyclic) bond motifs is 1. The van der Waals surface area contributed by atoms with Gasteiger partial charge in [0.05, 0.1) is 11.1 Å². The number of nitrogens with one attached hydrogen (secondary N) is 2. The third kappa shape index (κ3) is 6.14. The Labute approximate surface area is 230 Å².